The smallest absolute Gasteiger partial charge is 0.376 e. The van der Waals surface area contributed by atoms with E-state index in [-0.39, 0.29) is 37.1 Å². The molecule has 9 nitrogen and oxygen atoms in total. The lowest BCUT2D eigenvalue weighted by Gasteiger charge is -2.07. The molecule has 0 unspecified atom stereocenters. The molecule has 0 bridgehead atoms. The summed E-state index contributed by atoms with van der Waals surface area (Å²) in [7, 11) is 0. The van der Waals surface area contributed by atoms with Gasteiger partial charge in [0.05, 0.1) is 0 Å². The molecule has 12 heteroatoms. The van der Waals surface area contributed by atoms with Crippen LogP contribution in [0.15, 0.2) is 0 Å². The lowest BCUT2D eigenvalue weighted by atomic mass is 10.5. The van der Waals surface area contributed by atoms with Crippen molar-refractivity contribution in [3.63, 3.8) is 0 Å². The Balaban J connectivity index is 3.11. The van der Waals surface area contributed by atoms with Crippen LogP contribution in [0.5, 0.6) is 0 Å². The minimum atomic E-state index is -0.932. The number of nitrogens with zero attached hydrogens (tertiary/aromatic N) is 3. The standard InChI is InChI=1S/C12H15N3O6S3/c16-10(19-1-4-22)7-13-8(11(17)20-2-5-23)15-9(14-7)12(18)21-3-6-24/h22-24H,1-6H2. The molecule has 0 amide bonds. The van der Waals surface area contributed by atoms with Gasteiger partial charge >= 0.3 is 17.9 Å². The number of ether oxygens (including phenoxy) is 3. The topological polar surface area (TPSA) is 118 Å². The predicted molar refractivity (Wildman–Crippen MR) is 92.2 cm³/mol. The molecule has 0 atom stereocenters. The Labute approximate surface area is 154 Å². The van der Waals surface area contributed by atoms with E-state index in [2.05, 4.69) is 52.8 Å². The van der Waals surface area contributed by atoms with Gasteiger partial charge in [-0.3, -0.25) is 0 Å². The van der Waals surface area contributed by atoms with Gasteiger partial charge < -0.3 is 14.2 Å². The summed E-state index contributed by atoms with van der Waals surface area (Å²) in [5.74, 6) is -3.49. The predicted octanol–water partition coefficient (Wildman–Crippen LogP) is 0.131. The average Bonchev–Trinajstić information content (AvgIpc) is 2.61. The maximum Gasteiger partial charge on any atom is 0.376 e. The molecule has 0 radical (unpaired) electrons. The molecule has 0 saturated heterocycles. The van der Waals surface area contributed by atoms with Crippen molar-refractivity contribution in [1.82, 2.24) is 15.0 Å². The van der Waals surface area contributed by atoms with Crippen molar-refractivity contribution in [2.24, 2.45) is 0 Å². The highest BCUT2D eigenvalue weighted by atomic mass is 32.1. The van der Waals surface area contributed by atoms with Crippen molar-refractivity contribution in [1.29, 1.82) is 0 Å². The highest BCUT2D eigenvalue weighted by molar-refractivity contribution is 7.80. The molecule has 0 aliphatic carbocycles. The Kier molecular flexibility index (Phi) is 9.49. The van der Waals surface area contributed by atoms with E-state index in [1.807, 2.05) is 0 Å². The zero-order chi connectivity index (χ0) is 17.9. The number of aromatic nitrogens is 3. The Bertz CT molecular complexity index is 508. The Morgan fingerprint density at radius 3 is 1.08 bits per heavy atom. The highest BCUT2D eigenvalue weighted by Gasteiger charge is 2.23. The zero-order valence-corrected chi connectivity index (χ0v) is 15.1. The third kappa shape index (κ3) is 6.53. The molecule has 0 N–H and O–H groups in total. The largest absolute Gasteiger partial charge is 0.459 e. The molecular formula is C12H15N3O6S3. The van der Waals surface area contributed by atoms with Gasteiger partial charge in [-0.15, -0.1) is 0 Å². The first-order valence-electron chi connectivity index (χ1n) is 6.63. The quantitative estimate of drug-likeness (QED) is 0.306. The molecule has 132 valence electrons. The second-order valence-corrected chi connectivity index (χ2v) is 5.23. The summed E-state index contributed by atoms with van der Waals surface area (Å²) in [5, 5.41) is 0. The molecular weight excluding hydrogens is 378 g/mol. The van der Waals surface area contributed by atoms with Crippen LogP contribution >= 0.6 is 37.9 Å². The van der Waals surface area contributed by atoms with Crippen LogP contribution in [-0.4, -0.2) is 69.9 Å². The van der Waals surface area contributed by atoms with E-state index in [0.29, 0.717) is 0 Å². The Morgan fingerprint density at radius 2 is 0.875 bits per heavy atom. The first-order chi connectivity index (χ1) is 11.5. The van der Waals surface area contributed by atoms with E-state index >= 15 is 0 Å². The van der Waals surface area contributed by atoms with E-state index in [9.17, 15) is 14.4 Å². The average molecular weight is 393 g/mol. The molecule has 1 heterocycles. The molecule has 1 aromatic heterocycles. The van der Waals surface area contributed by atoms with Crippen LogP contribution in [0.1, 0.15) is 31.9 Å². The van der Waals surface area contributed by atoms with Crippen LogP contribution in [0, 0.1) is 0 Å². The van der Waals surface area contributed by atoms with Gasteiger partial charge in [0.15, 0.2) is 0 Å². The summed E-state index contributed by atoms with van der Waals surface area (Å²) in [4.78, 5) is 46.5. The SMILES string of the molecule is O=C(OCCS)c1nc(C(=O)OCCS)nc(C(=O)OCCS)n1. The van der Waals surface area contributed by atoms with E-state index in [4.69, 9.17) is 14.2 Å². The van der Waals surface area contributed by atoms with Crippen LogP contribution in [0.2, 0.25) is 0 Å². The number of thiol groups is 3. The fourth-order valence-corrected chi connectivity index (χ4v) is 1.53. The van der Waals surface area contributed by atoms with Gasteiger partial charge in [0, 0.05) is 17.3 Å². The third-order valence-corrected chi connectivity index (χ3v) is 2.70. The zero-order valence-electron chi connectivity index (χ0n) is 12.4. The number of rotatable bonds is 9. The molecule has 0 aliphatic rings. The number of esters is 3. The maximum atomic E-state index is 11.8. The molecule has 0 saturated carbocycles. The van der Waals surface area contributed by atoms with Crippen molar-refractivity contribution in [3.05, 3.63) is 17.5 Å². The first-order valence-corrected chi connectivity index (χ1v) is 8.53. The van der Waals surface area contributed by atoms with Crippen LogP contribution in [0.25, 0.3) is 0 Å². The molecule has 0 fully saturated rings. The van der Waals surface area contributed by atoms with Crippen molar-refractivity contribution < 1.29 is 28.6 Å². The fourth-order valence-electron chi connectivity index (χ4n) is 1.26. The highest BCUT2D eigenvalue weighted by Crippen LogP contribution is 2.03. The van der Waals surface area contributed by atoms with Crippen LogP contribution in [0.4, 0.5) is 0 Å². The fraction of sp³-hybridized carbons (Fsp3) is 0.500. The van der Waals surface area contributed by atoms with Gasteiger partial charge in [-0.1, -0.05) is 0 Å². The molecule has 1 aromatic rings. The molecule has 1 rings (SSSR count). The van der Waals surface area contributed by atoms with Crippen LogP contribution < -0.4 is 0 Å². The first kappa shape index (κ1) is 20.5. The van der Waals surface area contributed by atoms with Gasteiger partial charge in [-0.2, -0.15) is 52.8 Å². The third-order valence-electron chi connectivity index (χ3n) is 2.16. The minimum Gasteiger partial charge on any atom is -0.459 e. The summed E-state index contributed by atoms with van der Waals surface area (Å²) in [6, 6.07) is 0. The van der Waals surface area contributed by atoms with E-state index in [0.717, 1.165) is 0 Å². The van der Waals surface area contributed by atoms with Crippen molar-refractivity contribution in [2.75, 3.05) is 37.1 Å². The van der Waals surface area contributed by atoms with Crippen molar-refractivity contribution >= 4 is 55.8 Å². The normalized spacial score (nSPS) is 10.1. The lowest BCUT2D eigenvalue weighted by molar-refractivity contribution is 0.0492. The summed E-state index contributed by atoms with van der Waals surface area (Å²) >= 11 is 11.7. The van der Waals surface area contributed by atoms with E-state index in [1.165, 1.54) is 0 Å². The van der Waals surface area contributed by atoms with Gasteiger partial charge in [-0.25, -0.2) is 14.4 Å². The molecule has 0 aromatic carbocycles. The molecule has 0 aliphatic heterocycles. The maximum absolute atomic E-state index is 11.8. The second kappa shape index (κ2) is 11.1. The second-order valence-electron chi connectivity index (χ2n) is 3.88. The van der Waals surface area contributed by atoms with Crippen molar-refractivity contribution in [3.8, 4) is 0 Å². The number of hydrogen-bond donors (Lipinski definition) is 3. The number of hydrogen-bond acceptors (Lipinski definition) is 12. The summed E-state index contributed by atoms with van der Waals surface area (Å²) in [6.07, 6.45) is 0. The molecule has 24 heavy (non-hydrogen) atoms. The minimum absolute atomic E-state index is 0.00644. The van der Waals surface area contributed by atoms with E-state index in [1.54, 1.807) is 0 Å². The Hall–Kier alpha value is -1.53. The summed E-state index contributed by atoms with van der Waals surface area (Å²) in [6.45, 7) is 0.0193. The summed E-state index contributed by atoms with van der Waals surface area (Å²) < 4.78 is 14.4. The Morgan fingerprint density at radius 1 is 0.625 bits per heavy atom. The summed E-state index contributed by atoms with van der Waals surface area (Å²) in [5.41, 5.74) is 0. The number of carbonyl (C=O) groups is 3. The van der Waals surface area contributed by atoms with Crippen LogP contribution in [-0.2, 0) is 14.2 Å². The molecule has 0 spiro atoms. The van der Waals surface area contributed by atoms with E-state index < -0.39 is 35.4 Å². The monoisotopic (exact) mass is 393 g/mol. The van der Waals surface area contributed by atoms with Gasteiger partial charge in [-0.05, 0) is 0 Å². The van der Waals surface area contributed by atoms with Gasteiger partial charge in [0.2, 0.25) is 17.5 Å². The van der Waals surface area contributed by atoms with Gasteiger partial charge in [0.1, 0.15) is 19.8 Å². The number of carbonyl (C=O) groups excluding carboxylic acids is 3. The lowest BCUT2D eigenvalue weighted by Crippen LogP contribution is -2.22. The van der Waals surface area contributed by atoms with Crippen LogP contribution in [0.3, 0.4) is 0 Å². The van der Waals surface area contributed by atoms with Crippen molar-refractivity contribution in [2.45, 2.75) is 0 Å². The van der Waals surface area contributed by atoms with Gasteiger partial charge in [0.25, 0.3) is 0 Å².